The van der Waals surface area contributed by atoms with Gasteiger partial charge < -0.3 is 31.1 Å². The zero-order chi connectivity index (χ0) is 34.3. The number of aliphatic carboxylic acids is 1. The summed E-state index contributed by atoms with van der Waals surface area (Å²) in [6.45, 7) is 8.43. The number of amides is 4. The first-order valence-corrected chi connectivity index (χ1v) is 15.9. The van der Waals surface area contributed by atoms with Gasteiger partial charge in [0.1, 0.15) is 30.0 Å². The summed E-state index contributed by atoms with van der Waals surface area (Å²) in [5, 5.41) is 27.4. The molecule has 1 aromatic carbocycles. The Kier molecular flexibility index (Phi) is 12.6. The molecule has 2 unspecified atom stereocenters. The lowest BCUT2D eigenvalue weighted by atomic mass is 9.92. The monoisotopic (exact) mass is 642 g/mol. The van der Waals surface area contributed by atoms with E-state index in [1.165, 1.54) is 4.90 Å². The Morgan fingerprint density at radius 3 is 2.15 bits per heavy atom. The molecule has 4 amide bonds. The van der Waals surface area contributed by atoms with Crippen LogP contribution in [-0.4, -0.2) is 93.1 Å². The number of aliphatic hydroxyl groups excluding tert-OH is 1. The van der Waals surface area contributed by atoms with Gasteiger partial charge in [-0.2, -0.15) is 0 Å². The van der Waals surface area contributed by atoms with Crippen molar-refractivity contribution in [1.29, 1.82) is 0 Å². The molecule has 0 bridgehead atoms. The van der Waals surface area contributed by atoms with Crippen LogP contribution >= 0.6 is 0 Å². The highest BCUT2D eigenvalue weighted by Crippen LogP contribution is 2.41. The Hall–Kier alpha value is -4.13. The second-order valence-corrected chi connectivity index (χ2v) is 12.9. The van der Waals surface area contributed by atoms with Crippen LogP contribution in [0.3, 0.4) is 0 Å². The predicted molar refractivity (Wildman–Crippen MR) is 166 cm³/mol. The summed E-state index contributed by atoms with van der Waals surface area (Å²) in [7, 11) is 0. The normalized spacial score (nSPS) is 21.7. The molecule has 0 aromatic heterocycles. The largest absolute Gasteiger partial charge is 0.480 e. The molecule has 5 N–H and O–H groups in total. The van der Waals surface area contributed by atoms with Crippen LogP contribution in [0.25, 0.3) is 0 Å². The fourth-order valence-corrected chi connectivity index (χ4v) is 6.15. The summed E-state index contributed by atoms with van der Waals surface area (Å²) in [5.74, 6) is -7.59. The van der Waals surface area contributed by atoms with Crippen molar-refractivity contribution in [1.82, 2.24) is 20.9 Å². The van der Waals surface area contributed by atoms with Gasteiger partial charge in [0.15, 0.2) is 0 Å². The number of nitrogens with zero attached hydrogens (tertiary/aromatic N) is 1. The number of ketones is 2. The first-order chi connectivity index (χ1) is 21.7. The van der Waals surface area contributed by atoms with Crippen LogP contribution < -0.4 is 16.0 Å². The first kappa shape index (κ1) is 36.3. The second kappa shape index (κ2) is 15.9. The second-order valence-electron chi connectivity index (χ2n) is 12.9. The number of aliphatic hydroxyl groups is 1. The quantitative estimate of drug-likeness (QED) is 0.170. The molecule has 1 heterocycles. The van der Waals surface area contributed by atoms with E-state index in [9.17, 15) is 43.8 Å². The fraction of sp³-hybridized carbons (Fsp3) is 0.606. The van der Waals surface area contributed by atoms with Crippen molar-refractivity contribution >= 4 is 41.2 Å². The molecule has 1 saturated heterocycles. The summed E-state index contributed by atoms with van der Waals surface area (Å²) in [6.07, 6.45) is -0.355. The molecule has 0 spiro atoms. The predicted octanol–water partition coefficient (Wildman–Crippen LogP) is 0.616. The maximum Gasteiger partial charge on any atom is 0.326 e. The lowest BCUT2D eigenvalue weighted by Gasteiger charge is -2.33. The Labute approximate surface area is 268 Å². The highest BCUT2D eigenvalue weighted by atomic mass is 16.4. The van der Waals surface area contributed by atoms with Gasteiger partial charge in [0.05, 0.1) is 6.04 Å². The minimum atomic E-state index is -1.39. The van der Waals surface area contributed by atoms with Gasteiger partial charge in [-0.15, -0.1) is 0 Å². The number of carbonyl (C=O) groups is 7. The molecule has 13 nitrogen and oxygen atoms in total. The Bertz CT molecular complexity index is 1320. The number of Topliss-reactive ketones (excluding diaryl/α,β-unsaturated/α-hetero) is 2. The molecule has 2 fully saturated rings. The number of likely N-dealkylation sites (tertiary alicyclic amines) is 1. The maximum atomic E-state index is 13.9. The molecule has 1 saturated carbocycles. The van der Waals surface area contributed by atoms with Crippen molar-refractivity contribution in [2.75, 3.05) is 6.54 Å². The van der Waals surface area contributed by atoms with Crippen LogP contribution in [0, 0.1) is 23.7 Å². The van der Waals surface area contributed by atoms with Crippen LogP contribution in [0.4, 0.5) is 0 Å². The van der Waals surface area contributed by atoms with Crippen LogP contribution in [0.5, 0.6) is 0 Å². The van der Waals surface area contributed by atoms with Gasteiger partial charge in [-0.05, 0) is 30.2 Å². The molecule has 1 aliphatic carbocycles. The minimum absolute atomic E-state index is 0.0428. The van der Waals surface area contributed by atoms with Gasteiger partial charge in [0, 0.05) is 31.2 Å². The number of benzene rings is 1. The molecule has 1 aromatic rings. The van der Waals surface area contributed by atoms with Gasteiger partial charge in [0.25, 0.3) is 5.91 Å². The molecule has 0 radical (unpaired) electrons. The van der Waals surface area contributed by atoms with Crippen molar-refractivity contribution in [3.05, 3.63) is 35.9 Å². The Morgan fingerprint density at radius 1 is 0.935 bits per heavy atom. The van der Waals surface area contributed by atoms with E-state index in [1.807, 2.05) is 0 Å². The Morgan fingerprint density at radius 2 is 1.59 bits per heavy atom. The van der Waals surface area contributed by atoms with Gasteiger partial charge >= 0.3 is 5.97 Å². The molecule has 1 aliphatic heterocycles. The number of hydrogen-bond acceptors (Lipinski definition) is 8. The molecule has 7 atom stereocenters. The van der Waals surface area contributed by atoms with Crippen LogP contribution in [0.15, 0.2) is 30.3 Å². The highest BCUT2D eigenvalue weighted by molar-refractivity contribution is 6.38. The first-order valence-electron chi connectivity index (χ1n) is 15.9. The van der Waals surface area contributed by atoms with Crippen LogP contribution in [-0.2, 0) is 40.0 Å². The number of hydrogen-bond donors (Lipinski definition) is 5. The van der Waals surface area contributed by atoms with Crippen LogP contribution in [0.2, 0.25) is 0 Å². The lowest BCUT2D eigenvalue weighted by molar-refractivity contribution is -0.147. The van der Waals surface area contributed by atoms with Crippen molar-refractivity contribution in [3.8, 4) is 0 Å². The standard InChI is InChI=1S/C33H46N4O9/c1-6-10-22(28(40)31(43)35-23(33(45)46)15-19-11-8-7-9-12-19)34-29(41)26-20-13-14-24(38)21(20)16-37(26)32(44)25(17(2)3)36-30(42)27(39)18(4)5/h7-9,11-12,17-18,20-23,25-27,39H,6,10,13-16H2,1-5H3,(H,34,41)(H,35,43)(H,36,42)(H,45,46)/t20-,21-,22?,23?,25-,26-,27-/m0/s1. The van der Waals surface area contributed by atoms with E-state index in [1.54, 1.807) is 65.0 Å². The third-order valence-electron chi connectivity index (χ3n) is 8.79. The van der Waals surface area contributed by atoms with E-state index < -0.39 is 89.3 Å². The minimum Gasteiger partial charge on any atom is -0.480 e. The van der Waals surface area contributed by atoms with Crippen LogP contribution in [0.1, 0.15) is 65.9 Å². The van der Waals surface area contributed by atoms with E-state index in [0.29, 0.717) is 18.4 Å². The topological polar surface area (TPSA) is 199 Å². The SMILES string of the molecule is CCCC(NC(=O)[C@@H]1[C@H]2CCC(=O)[C@H]2CN1C(=O)[C@@H](NC(=O)[C@@H](O)C(C)C)C(C)C)C(=O)C(=O)NC(Cc1ccccc1)C(=O)O. The average molecular weight is 643 g/mol. The zero-order valence-corrected chi connectivity index (χ0v) is 27.0. The van der Waals surface area contributed by atoms with E-state index in [-0.39, 0.29) is 31.6 Å². The molecular formula is C33H46N4O9. The fourth-order valence-electron chi connectivity index (χ4n) is 6.15. The molecule has 2 aliphatic rings. The molecule has 252 valence electrons. The van der Waals surface area contributed by atoms with Crippen molar-refractivity contribution in [2.45, 2.75) is 97.0 Å². The number of nitrogens with one attached hydrogen (secondary N) is 3. The van der Waals surface area contributed by atoms with Gasteiger partial charge in [-0.25, -0.2) is 4.79 Å². The van der Waals surface area contributed by atoms with E-state index >= 15 is 0 Å². The van der Waals surface area contributed by atoms with Gasteiger partial charge in [-0.3, -0.25) is 28.8 Å². The van der Waals surface area contributed by atoms with E-state index in [2.05, 4.69) is 16.0 Å². The summed E-state index contributed by atoms with van der Waals surface area (Å²) in [4.78, 5) is 92.6. The maximum absolute atomic E-state index is 13.9. The Balaban J connectivity index is 1.81. The molecule has 13 heteroatoms. The average Bonchev–Trinajstić information content (AvgIpc) is 3.57. The molecular weight excluding hydrogens is 596 g/mol. The number of fused-ring (bicyclic) bond motifs is 1. The summed E-state index contributed by atoms with van der Waals surface area (Å²) in [6, 6.07) is 3.67. The number of carboxylic acids is 1. The summed E-state index contributed by atoms with van der Waals surface area (Å²) in [5.41, 5.74) is 0.641. The van der Waals surface area contributed by atoms with Gasteiger partial charge in [0.2, 0.25) is 23.5 Å². The number of carboxylic acid groups (broad SMARTS) is 1. The molecule has 3 rings (SSSR count). The summed E-state index contributed by atoms with van der Waals surface area (Å²) >= 11 is 0. The van der Waals surface area contributed by atoms with Crippen molar-refractivity contribution < 1.29 is 43.8 Å². The molecule has 46 heavy (non-hydrogen) atoms. The smallest absolute Gasteiger partial charge is 0.326 e. The van der Waals surface area contributed by atoms with E-state index in [0.717, 1.165) is 0 Å². The highest BCUT2D eigenvalue weighted by Gasteiger charge is 2.54. The zero-order valence-electron chi connectivity index (χ0n) is 27.0. The number of rotatable bonds is 15. The van der Waals surface area contributed by atoms with E-state index in [4.69, 9.17) is 0 Å². The lowest BCUT2D eigenvalue weighted by Crippen LogP contribution is -2.59. The van der Waals surface area contributed by atoms with Gasteiger partial charge in [-0.1, -0.05) is 71.4 Å². The third-order valence-corrected chi connectivity index (χ3v) is 8.79. The third kappa shape index (κ3) is 8.56. The number of carbonyl (C=O) groups excluding carboxylic acids is 6. The van der Waals surface area contributed by atoms with Crippen molar-refractivity contribution in [3.63, 3.8) is 0 Å². The van der Waals surface area contributed by atoms with Crippen molar-refractivity contribution in [2.24, 2.45) is 23.7 Å². The summed E-state index contributed by atoms with van der Waals surface area (Å²) < 4.78 is 0.